The molecule has 3 N–H and O–H groups in total. The summed E-state index contributed by atoms with van der Waals surface area (Å²) in [7, 11) is -9.91. The van der Waals surface area contributed by atoms with Gasteiger partial charge in [0, 0.05) is 25.7 Å². The number of rotatable bonds is 73. The van der Waals surface area contributed by atoms with Crippen molar-refractivity contribution in [3.63, 3.8) is 0 Å². The smallest absolute Gasteiger partial charge is 0.462 e. The number of aliphatic hydroxyl groups excluding tert-OH is 1. The summed E-state index contributed by atoms with van der Waals surface area (Å²) in [5, 5.41) is 10.6. The highest BCUT2D eigenvalue weighted by Crippen LogP contribution is 2.45. The normalized spacial score (nSPS) is 14.4. The molecule has 19 heteroatoms. The molecule has 0 aromatic rings. The molecule has 0 radical (unpaired) electrons. The third kappa shape index (κ3) is 69.0. The van der Waals surface area contributed by atoms with Crippen LogP contribution in [-0.2, 0) is 65.4 Å². The van der Waals surface area contributed by atoms with Crippen molar-refractivity contribution < 1.29 is 80.2 Å². The van der Waals surface area contributed by atoms with Gasteiger partial charge in [-0.3, -0.25) is 37.3 Å². The number of phosphoric ester groups is 2. The van der Waals surface area contributed by atoms with Crippen LogP contribution >= 0.6 is 15.6 Å². The highest BCUT2D eigenvalue weighted by Gasteiger charge is 2.30. The average Bonchev–Trinajstić information content (AvgIpc) is 2.25. The Morgan fingerprint density at radius 3 is 0.747 bits per heavy atom. The molecule has 0 amide bonds. The van der Waals surface area contributed by atoms with Crippen LogP contribution in [0.1, 0.15) is 383 Å². The van der Waals surface area contributed by atoms with Gasteiger partial charge in [-0.15, -0.1) is 0 Å². The molecule has 0 aliphatic rings. The molecule has 0 rings (SSSR count). The summed E-state index contributed by atoms with van der Waals surface area (Å²) in [4.78, 5) is 72.8. The van der Waals surface area contributed by atoms with Crippen LogP contribution in [0.4, 0.5) is 0 Å². The van der Waals surface area contributed by atoms with Gasteiger partial charge in [-0.2, -0.15) is 0 Å². The van der Waals surface area contributed by atoms with Crippen molar-refractivity contribution in [2.24, 2.45) is 23.7 Å². The predicted molar refractivity (Wildman–Crippen MR) is 386 cm³/mol. The number of hydrogen-bond donors (Lipinski definition) is 3. The third-order valence-corrected chi connectivity index (χ3v) is 19.8. The molecule has 0 aromatic carbocycles. The van der Waals surface area contributed by atoms with E-state index in [0.717, 1.165) is 114 Å². The van der Waals surface area contributed by atoms with E-state index in [9.17, 15) is 43.2 Å². The molecule has 4 unspecified atom stereocenters. The maximum absolute atomic E-state index is 13.1. The van der Waals surface area contributed by atoms with Gasteiger partial charge >= 0.3 is 39.5 Å². The molecular formula is C76H148O17P2. The Kier molecular flexibility index (Phi) is 64.0. The van der Waals surface area contributed by atoms with Gasteiger partial charge in [0.05, 0.1) is 26.4 Å². The fourth-order valence-corrected chi connectivity index (χ4v) is 13.1. The molecule has 17 nitrogen and oxygen atoms in total. The zero-order valence-electron chi connectivity index (χ0n) is 62.3. The summed E-state index contributed by atoms with van der Waals surface area (Å²) in [6.07, 6.45) is 49.9. The lowest BCUT2D eigenvalue weighted by atomic mass is 9.99. The standard InChI is InChI=1S/C76H148O17P2/c1-9-69(8)55-47-39-31-22-17-18-24-35-43-51-59-76(81)93-72(63-87-74(79)57-49-41-33-27-26-30-38-46-54-68(6)7)65-91-95(84,85)89-61-70(77)60-88-94(82,83)90-64-71(62-86-73(78)56-48-40-32-25-19-21-29-37-45-53-67(4)5)92-75(80)58-50-42-34-23-16-14-12-10-11-13-15-20-28-36-44-52-66(2)3/h66-72,77H,9-65H2,1-8H3,(H,82,83)(H,84,85)/t69?,70?,71-,72-/m1/s1. The Morgan fingerprint density at radius 2 is 0.505 bits per heavy atom. The fourth-order valence-electron chi connectivity index (χ4n) is 11.5. The lowest BCUT2D eigenvalue weighted by molar-refractivity contribution is -0.161. The summed E-state index contributed by atoms with van der Waals surface area (Å²) < 4.78 is 68.5. The van der Waals surface area contributed by atoms with Crippen molar-refractivity contribution in [1.82, 2.24) is 0 Å². The quantitative estimate of drug-likeness (QED) is 0.0222. The van der Waals surface area contributed by atoms with Gasteiger partial charge in [0.15, 0.2) is 12.2 Å². The first-order valence-electron chi connectivity index (χ1n) is 39.2. The lowest BCUT2D eigenvalue weighted by Gasteiger charge is -2.21. The van der Waals surface area contributed by atoms with E-state index in [2.05, 4.69) is 55.4 Å². The fraction of sp³-hybridized carbons (Fsp3) is 0.947. The second-order valence-electron chi connectivity index (χ2n) is 29.1. The molecule has 0 aliphatic heterocycles. The maximum atomic E-state index is 13.1. The van der Waals surface area contributed by atoms with Gasteiger partial charge in [0.1, 0.15) is 19.3 Å². The number of unbranched alkanes of at least 4 members (excludes halogenated alkanes) is 38. The van der Waals surface area contributed by atoms with E-state index in [4.69, 9.17) is 37.0 Å². The van der Waals surface area contributed by atoms with Crippen LogP contribution < -0.4 is 0 Å². The molecule has 564 valence electrons. The van der Waals surface area contributed by atoms with Crippen molar-refractivity contribution in [3.05, 3.63) is 0 Å². The summed E-state index contributed by atoms with van der Waals surface area (Å²) in [6, 6.07) is 0. The van der Waals surface area contributed by atoms with Gasteiger partial charge in [0.25, 0.3) is 0 Å². The molecule has 0 saturated heterocycles. The molecule has 0 heterocycles. The van der Waals surface area contributed by atoms with E-state index >= 15 is 0 Å². The number of esters is 4. The number of phosphoric acid groups is 2. The van der Waals surface area contributed by atoms with E-state index in [1.54, 1.807) is 0 Å². The molecule has 95 heavy (non-hydrogen) atoms. The van der Waals surface area contributed by atoms with E-state index in [1.165, 1.54) is 186 Å². The molecular weight excluding hydrogens is 1250 g/mol. The molecule has 0 aromatic heterocycles. The molecule has 0 saturated carbocycles. The van der Waals surface area contributed by atoms with E-state index in [-0.39, 0.29) is 25.7 Å². The highest BCUT2D eigenvalue weighted by atomic mass is 31.2. The summed E-state index contributed by atoms with van der Waals surface area (Å²) >= 11 is 0. The molecule has 0 bridgehead atoms. The topological polar surface area (TPSA) is 237 Å². The van der Waals surface area contributed by atoms with Crippen molar-refractivity contribution in [2.75, 3.05) is 39.6 Å². The minimum atomic E-state index is -4.96. The monoisotopic (exact) mass is 1400 g/mol. The SMILES string of the molecule is CCC(C)CCCCCCCCCCCCC(=O)O[C@H](COC(=O)CCCCCCCCCCC(C)C)COP(=O)(O)OCC(O)COP(=O)(O)OC[C@@H](COC(=O)CCCCCCCCCCCC(C)C)OC(=O)CCCCCCCCCCCCCCCCCC(C)C. The Hall–Kier alpha value is -1.94. The van der Waals surface area contributed by atoms with Gasteiger partial charge in [-0.25, -0.2) is 9.13 Å². The van der Waals surface area contributed by atoms with E-state index in [0.29, 0.717) is 25.7 Å². The minimum absolute atomic E-state index is 0.105. The zero-order valence-corrected chi connectivity index (χ0v) is 64.1. The average molecular weight is 1400 g/mol. The van der Waals surface area contributed by atoms with Crippen LogP contribution in [0.5, 0.6) is 0 Å². The number of carbonyl (C=O) groups excluding carboxylic acids is 4. The van der Waals surface area contributed by atoms with Gasteiger partial charge in [-0.1, -0.05) is 331 Å². The van der Waals surface area contributed by atoms with E-state index in [1.807, 2.05) is 0 Å². The summed E-state index contributed by atoms with van der Waals surface area (Å²) in [5.41, 5.74) is 0. The first-order chi connectivity index (χ1) is 45.6. The summed E-state index contributed by atoms with van der Waals surface area (Å²) in [5.74, 6) is 0.955. The molecule has 0 spiro atoms. The first-order valence-corrected chi connectivity index (χ1v) is 42.2. The van der Waals surface area contributed by atoms with Crippen molar-refractivity contribution >= 4 is 39.5 Å². The van der Waals surface area contributed by atoms with Crippen molar-refractivity contribution in [3.8, 4) is 0 Å². The molecule has 6 atom stereocenters. The minimum Gasteiger partial charge on any atom is -0.462 e. The molecule has 0 fully saturated rings. The number of aliphatic hydroxyl groups is 1. The van der Waals surface area contributed by atoms with Gasteiger partial charge < -0.3 is 33.8 Å². The van der Waals surface area contributed by atoms with Crippen molar-refractivity contribution in [2.45, 2.75) is 401 Å². The van der Waals surface area contributed by atoms with Gasteiger partial charge in [0.2, 0.25) is 0 Å². The van der Waals surface area contributed by atoms with E-state index < -0.39 is 97.5 Å². The van der Waals surface area contributed by atoms with Crippen LogP contribution in [0.3, 0.4) is 0 Å². The Labute approximate surface area is 581 Å². The zero-order chi connectivity index (χ0) is 70.3. The maximum Gasteiger partial charge on any atom is 0.472 e. The van der Waals surface area contributed by atoms with Gasteiger partial charge in [-0.05, 0) is 49.4 Å². The Bertz CT molecular complexity index is 1870. The first kappa shape index (κ1) is 93.1. The second-order valence-corrected chi connectivity index (χ2v) is 32.0. The van der Waals surface area contributed by atoms with Crippen LogP contribution in [-0.4, -0.2) is 96.7 Å². The molecule has 0 aliphatic carbocycles. The summed E-state index contributed by atoms with van der Waals surface area (Å²) in [6.45, 7) is 14.2. The van der Waals surface area contributed by atoms with Crippen molar-refractivity contribution in [1.29, 1.82) is 0 Å². The largest absolute Gasteiger partial charge is 0.472 e. The van der Waals surface area contributed by atoms with Crippen LogP contribution in [0, 0.1) is 23.7 Å². The number of ether oxygens (including phenoxy) is 4. The lowest BCUT2D eigenvalue weighted by Crippen LogP contribution is -2.30. The third-order valence-electron chi connectivity index (χ3n) is 17.9. The second kappa shape index (κ2) is 65.4. The van der Waals surface area contributed by atoms with Crippen LogP contribution in [0.15, 0.2) is 0 Å². The predicted octanol–water partition coefficient (Wildman–Crippen LogP) is 22.0. The highest BCUT2D eigenvalue weighted by molar-refractivity contribution is 7.47. The van der Waals surface area contributed by atoms with Crippen LogP contribution in [0.25, 0.3) is 0 Å². The number of hydrogen-bond acceptors (Lipinski definition) is 15. The Morgan fingerprint density at radius 1 is 0.295 bits per heavy atom. The Balaban J connectivity index is 5.25. The number of carbonyl (C=O) groups is 4. The van der Waals surface area contributed by atoms with Crippen LogP contribution in [0.2, 0.25) is 0 Å².